The molecule has 9 nitrogen and oxygen atoms in total. The number of nitrogens with zero attached hydrogens (tertiary/aromatic N) is 7. The van der Waals surface area contributed by atoms with Crippen LogP contribution in [0.4, 0.5) is 10.1 Å². The lowest BCUT2D eigenvalue weighted by molar-refractivity contribution is 0.353. The Balaban J connectivity index is 1.20. The van der Waals surface area contributed by atoms with Gasteiger partial charge in [0.1, 0.15) is 12.9 Å². The zero-order chi connectivity index (χ0) is 22.0. The predicted molar refractivity (Wildman–Crippen MR) is 114 cm³/mol. The highest BCUT2D eigenvalue weighted by molar-refractivity contribution is 6.31. The normalized spacial score (nSPS) is 22.3. The highest BCUT2D eigenvalue weighted by atomic mass is 35.5. The van der Waals surface area contributed by atoms with Crippen LogP contribution in [0.5, 0.6) is 0 Å². The van der Waals surface area contributed by atoms with Crippen molar-refractivity contribution in [3.05, 3.63) is 63.8 Å². The molecular formula is C21H19ClFN7O2. The summed E-state index contributed by atoms with van der Waals surface area (Å²) in [6.45, 7) is 0.859. The summed E-state index contributed by atoms with van der Waals surface area (Å²) >= 11 is 5.97. The SMILES string of the molecule is Cn1cnc2ncn(Cc3nc([C@@H]4CC5C[C@H]4CN5c4cccc(Cl)c4F)no3)c(=O)c21. The van der Waals surface area contributed by atoms with Crippen molar-refractivity contribution in [2.75, 3.05) is 11.4 Å². The molecule has 1 saturated carbocycles. The molecule has 1 aromatic carbocycles. The molecule has 3 atom stereocenters. The number of benzene rings is 1. The van der Waals surface area contributed by atoms with Crippen molar-refractivity contribution in [1.82, 2.24) is 29.2 Å². The van der Waals surface area contributed by atoms with E-state index in [4.69, 9.17) is 16.1 Å². The molecule has 4 aromatic rings. The zero-order valence-electron chi connectivity index (χ0n) is 17.2. The summed E-state index contributed by atoms with van der Waals surface area (Å²) < 4.78 is 23.0. The number of fused-ring (bicyclic) bond motifs is 3. The number of hydrogen-bond donors (Lipinski definition) is 0. The van der Waals surface area contributed by atoms with Gasteiger partial charge in [-0.15, -0.1) is 0 Å². The third kappa shape index (κ3) is 2.93. The van der Waals surface area contributed by atoms with Crippen molar-refractivity contribution in [1.29, 1.82) is 0 Å². The molecule has 4 heterocycles. The maximum absolute atomic E-state index is 14.5. The van der Waals surface area contributed by atoms with Gasteiger partial charge < -0.3 is 14.0 Å². The van der Waals surface area contributed by atoms with E-state index in [1.807, 2.05) is 0 Å². The van der Waals surface area contributed by atoms with Crippen LogP contribution >= 0.6 is 11.6 Å². The third-order valence-electron chi connectivity index (χ3n) is 6.60. The molecule has 164 valence electrons. The summed E-state index contributed by atoms with van der Waals surface area (Å²) in [6.07, 6.45) is 4.76. The van der Waals surface area contributed by atoms with Crippen molar-refractivity contribution >= 4 is 28.5 Å². The van der Waals surface area contributed by atoms with Crippen LogP contribution in [0.3, 0.4) is 0 Å². The van der Waals surface area contributed by atoms with E-state index >= 15 is 0 Å². The van der Waals surface area contributed by atoms with Gasteiger partial charge in [0.05, 0.1) is 17.0 Å². The molecule has 6 rings (SSSR count). The number of hydrogen-bond acceptors (Lipinski definition) is 7. The van der Waals surface area contributed by atoms with E-state index in [1.165, 1.54) is 10.9 Å². The first-order valence-corrected chi connectivity index (χ1v) is 10.8. The van der Waals surface area contributed by atoms with Crippen LogP contribution in [-0.4, -0.2) is 41.8 Å². The highest BCUT2D eigenvalue weighted by Gasteiger charge is 2.47. The molecule has 11 heteroatoms. The zero-order valence-corrected chi connectivity index (χ0v) is 17.9. The molecule has 2 bridgehead atoms. The van der Waals surface area contributed by atoms with Crippen molar-refractivity contribution in [3.8, 4) is 0 Å². The number of imidazole rings is 1. The third-order valence-corrected chi connectivity index (χ3v) is 6.90. The molecular weight excluding hydrogens is 437 g/mol. The minimum Gasteiger partial charge on any atom is -0.366 e. The molecule has 3 aromatic heterocycles. The van der Waals surface area contributed by atoms with E-state index in [2.05, 4.69) is 25.0 Å². The number of rotatable bonds is 4. The van der Waals surface area contributed by atoms with Gasteiger partial charge in [-0.2, -0.15) is 4.98 Å². The van der Waals surface area contributed by atoms with Gasteiger partial charge in [0.2, 0.25) is 5.89 Å². The molecule has 0 N–H and O–H groups in total. The molecule has 2 fully saturated rings. The van der Waals surface area contributed by atoms with Gasteiger partial charge in [0.15, 0.2) is 22.8 Å². The summed E-state index contributed by atoms with van der Waals surface area (Å²) in [5.41, 5.74) is 1.17. The molecule has 1 unspecified atom stereocenters. The van der Waals surface area contributed by atoms with Gasteiger partial charge in [0.25, 0.3) is 5.56 Å². The first-order chi connectivity index (χ1) is 15.5. The van der Waals surface area contributed by atoms with Gasteiger partial charge in [-0.05, 0) is 30.9 Å². The summed E-state index contributed by atoms with van der Waals surface area (Å²) in [5.74, 6) is 1.07. The smallest absolute Gasteiger partial charge is 0.280 e. The van der Waals surface area contributed by atoms with Crippen LogP contribution in [0.15, 0.2) is 40.2 Å². The van der Waals surface area contributed by atoms with Crippen molar-refractivity contribution in [3.63, 3.8) is 0 Å². The fraction of sp³-hybridized carbons (Fsp3) is 0.381. The molecule has 1 saturated heterocycles. The molecule has 0 spiro atoms. The first-order valence-electron chi connectivity index (χ1n) is 10.4. The Morgan fingerprint density at radius 2 is 2.09 bits per heavy atom. The quantitative estimate of drug-likeness (QED) is 0.467. The fourth-order valence-electron chi connectivity index (χ4n) is 5.09. The van der Waals surface area contributed by atoms with Gasteiger partial charge >= 0.3 is 0 Å². The van der Waals surface area contributed by atoms with Crippen LogP contribution in [0.1, 0.15) is 30.5 Å². The van der Waals surface area contributed by atoms with E-state index in [0.29, 0.717) is 34.5 Å². The average Bonchev–Trinajstić information content (AvgIpc) is 3.56. The second kappa shape index (κ2) is 7.13. The maximum atomic E-state index is 14.5. The largest absolute Gasteiger partial charge is 0.366 e. The van der Waals surface area contributed by atoms with Crippen LogP contribution in [0, 0.1) is 11.7 Å². The lowest BCUT2D eigenvalue weighted by Crippen LogP contribution is -2.35. The van der Waals surface area contributed by atoms with Crippen molar-refractivity contribution in [2.45, 2.75) is 31.3 Å². The van der Waals surface area contributed by atoms with Crippen molar-refractivity contribution in [2.24, 2.45) is 13.0 Å². The van der Waals surface area contributed by atoms with E-state index in [9.17, 15) is 9.18 Å². The number of halogens is 2. The average molecular weight is 456 g/mol. The topological polar surface area (TPSA) is 94.9 Å². The monoisotopic (exact) mass is 455 g/mol. The van der Waals surface area contributed by atoms with Crippen LogP contribution in [-0.2, 0) is 13.6 Å². The molecule has 0 amide bonds. The Bertz CT molecular complexity index is 1400. The maximum Gasteiger partial charge on any atom is 0.280 e. The molecule has 2 aliphatic rings. The van der Waals surface area contributed by atoms with E-state index < -0.39 is 0 Å². The Kier molecular flexibility index (Phi) is 4.32. The Hall–Kier alpha value is -3.27. The van der Waals surface area contributed by atoms with Crippen LogP contribution in [0.25, 0.3) is 11.2 Å². The number of anilines is 1. The number of piperidine rings is 1. The van der Waals surface area contributed by atoms with E-state index in [-0.39, 0.29) is 34.9 Å². The minimum absolute atomic E-state index is 0.138. The second-order valence-corrected chi connectivity index (χ2v) is 8.88. The molecule has 0 radical (unpaired) electrons. The summed E-state index contributed by atoms with van der Waals surface area (Å²) in [7, 11) is 1.75. The number of aromatic nitrogens is 6. The predicted octanol–water partition coefficient (Wildman–Crippen LogP) is 2.74. The highest BCUT2D eigenvalue weighted by Crippen LogP contribution is 2.48. The Labute approximate surface area is 186 Å². The van der Waals surface area contributed by atoms with Gasteiger partial charge in [-0.1, -0.05) is 22.8 Å². The summed E-state index contributed by atoms with van der Waals surface area (Å²) in [5, 5.41) is 4.33. The lowest BCUT2D eigenvalue weighted by Gasteiger charge is -2.32. The fourth-order valence-corrected chi connectivity index (χ4v) is 5.26. The van der Waals surface area contributed by atoms with Gasteiger partial charge in [0, 0.05) is 25.6 Å². The molecule has 32 heavy (non-hydrogen) atoms. The van der Waals surface area contributed by atoms with E-state index in [1.54, 1.807) is 36.1 Å². The van der Waals surface area contributed by atoms with E-state index in [0.717, 1.165) is 19.4 Å². The number of aryl methyl sites for hydroxylation is 1. The van der Waals surface area contributed by atoms with Gasteiger partial charge in [-0.25, -0.2) is 14.4 Å². The molecule has 1 aliphatic heterocycles. The van der Waals surface area contributed by atoms with Crippen LogP contribution < -0.4 is 10.5 Å². The first kappa shape index (κ1) is 19.4. The second-order valence-electron chi connectivity index (χ2n) is 8.47. The molecule has 1 aliphatic carbocycles. The Morgan fingerprint density at radius 3 is 2.91 bits per heavy atom. The minimum atomic E-state index is -0.371. The summed E-state index contributed by atoms with van der Waals surface area (Å²) in [4.78, 5) is 27.7. The lowest BCUT2D eigenvalue weighted by atomic mass is 9.93. The standard InChI is InChI=1S/C21H19ClFN7O2/c1-28-9-24-20-18(28)21(31)29(10-25-20)8-16-26-19(27-32-16)13-6-12-5-11(13)7-30(12)15-4-2-3-14(22)17(15)23/h2-4,9-13H,5-8H2,1H3/t11-,12?,13+/m0/s1. The van der Waals surface area contributed by atoms with Crippen LogP contribution in [0.2, 0.25) is 5.02 Å². The Morgan fingerprint density at radius 1 is 1.25 bits per heavy atom. The van der Waals surface area contributed by atoms with Crippen molar-refractivity contribution < 1.29 is 8.91 Å². The van der Waals surface area contributed by atoms with Gasteiger partial charge in [-0.3, -0.25) is 9.36 Å². The summed E-state index contributed by atoms with van der Waals surface area (Å²) in [6, 6.07) is 5.31.